The van der Waals surface area contributed by atoms with Crippen LogP contribution in [0.2, 0.25) is 5.02 Å². The zero-order chi connectivity index (χ0) is 14.5. The number of carbonyl (C=O) groups excluding carboxylic acids is 1. The summed E-state index contributed by atoms with van der Waals surface area (Å²) in [5, 5.41) is 5.68. The number of amides is 1. The molecule has 1 aromatic carbocycles. The first-order valence-corrected chi connectivity index (χ1v) is 6.78. The molecule has 3 nitrogen and oxygen atoms in total. The Morgan fingerprint density at radius 1 is 1.40 bits per heavy atom. The molecule has 5 heteroatoms. The Morgan fingerprint density at radius 2 is 2.20 bits per heavy atom. The molecule has 1 aliphatic heterocycles. The summed E-state index contributed by atoms with van der Waals surface area (Å²) >= 11 is 5.66. The molecule has 0 atom stereocenters. The fourth-order valence-electron chi connectivity index (χ4n) is 1.86. The van der Waals surface area contributed by atoms with E-state index in [9.17, 15) is 9.18 Å². The maximum Gasteiger partial charge on any atom is 0.243 e. The molecule has 1 heterocycles. The van der Waals surface area contributed by atoms with Gasteiger partial charge in [0.2, 0.25) is 5.91 Å². The monoisotopic (exact) mass is 292 g/mol. The van der Waals surface area contributed by atoms with E-state index in [2.05, 4.69) is 16.9 Å². The SMILES string of the molecule is CCC#CCN1N=C(c2ccc(Cl)c(F)c2)CCC1=O. The van der Waals surface area contributed by atoms with Gasteiger partial charge in [-0.2, -0.15) is 5.10 Å². The zero-order valence-electron chi connectivity index (χ0n) is 11.1. The van der Waals surface area contributed by atoms with Crippen LogP contribution in [0.25, 0.3) is 0 Å². The van der Waals surface area contributed by atoms with Crippen LogP contribution >= 0.6 is 11.6 Å². The lowest BCUT2D eigenvalue weighted by atomic mass is 10.0. The molecule has 0 saturated carbocycles. The van der Waals surface area contributed by atoms with Crippen LogP contribution in [0.15, 0.2) is 23.3 Å². The van der Waals surface area contributed by atoms with Gasteiger partial charge < -0.3 is 0 Å². The van der Waals surface area contributed by atoms with Crippen LogP contribution in [0.3, 0.4) is 0 Å². The third-order valence-corrected chi connectivity index (χ3v) is 3.19. The molecular formula is C15H14ClFN2O. The third kappa shape index (κ3) is 3.37. The molecule has 1 amide bonds. The van der Waals surface area contributed by atoms with Crippen LogP contribution in [0.5, 0.6) is 0 Å². The smallest absolute Gasteiger partial charge is 0.243 e. The molecule has 20 heavy (non-hydrogen) atoms. The standard InChI is InChI=1S/C15H14ClFN2O/c1-2-3-4-9-19-15(20)8-7-14(18-19)11-5-6-12(16)13(17)10-11/h5-6,10H,2,7-9H2,1H3. The fourth-order valence-corrected chi connectivity index (χ4v) is 1.98. The number of hydrogen-bond donors (Lipinski definition) is 0. The van der Waals surface area contributed by atoms with Crippen LogP contribution in [0.4, 0.5) is 4.39 Å². The Bertz CT molecular complexity index is 616. The molecule has 1 aliphatic rings. The van der Waals surface area contributed by atoms with Crippen molar-refractivity contribution in [2.24, 2.45) is 5.10 Å². The van der Waals surface area contributed by atoms with Gasteiger partial charge in [0.15, 0.2) is 0 Å². The molecule has 0 bridgehead atoms. The molecule has 0 saturated heterocycles. The highest BCUT2D eigenvalue weighted by molar-refractivity contribution is 6.30. The molecule has 0 unspecified atom stereocenters. The first-order valence-electron chi connectivity index (χ1n) is 6.40. The average molecular weight is 293 g/mol. The lowest BCUT2D eigenvalue weighted by molar-refractivity contribution is -0.131. The minimum absolute atomic E-state index is 0.0615. The van der Waals surface area contributed by atoms with E-state index in [1.54, 1.807) is 6.07 Å². The first-order chi connectivity index (χ1) is 9.61. The number of benzene rings is 1. The molecule has 1 aromatic rings. The molecule has 0 aromatic heterocycles. The summed E-state index contributed by atoms with van der Waals surface area (Å²) in [5.41, 5.74) is 1.33. The number of nitrogens with zero attached hydrogens (tertiary/aromatic N) is 2. The van der Waals surface area contributed by atoms with Gasteiger partial charge in [-0.25, -0.2) is 9.40 Å². The van der Waals surface area contributed by atoms with Crippen LogP contribution in [-0.4, -0.2) is 23.2 Å². The maximum atomic E-state index is 13.5. The fraction of sp³-hybridized carbons (Fsp3) is 0.333. The van der Waals surface area contributed by atoms with E-state index in [0.717, 1.165) is 6.42 Å². The van der Waals surface area contributed by atoms with Crippen molar-refractivity contribution in [1.29, 1.82) is 0 Å². The van der Waals surface area contributed by atoms with Gasteiger partial charge >= 0.3 is 0 Å². The van der Waals surface area contributed by atoms with Gasteiger partial charge in [0, 0.05) is 24.8 Å². The maximum absolute atomic E-state index is 13.5. The predicted octanol–water partition coefficient (Wildman–Crippen LogP) is 3.22. The van der Waals surface area contributed by atoms with Gasteiger partial charge in [-0.1, -0.05) is 30.5 Å². The normalized spacial score (nSPS) is 14.7. The Morgan fingerprint density at radius 3 is 2.90 bits per heavy atom. The van der Waals surface area contributed by atoms with Crippen LogP contribution < -0.4 is 0 Å². The second kappa shape index (κ2) is 6.53. The summed E-state index contributed by atoms with van der Waals surface area (Å²) in [5.74, 6) is 5.23. The van der Waals surface area contributed by atoms with Gasteiger partial charge in [-0.3, -0.25) is 4.79 Å². The summed E-state index contributed by atoms with van der Waals surface area (Å²) in [6, 6.07) is 4.54. The van der Waals surface area contributed by atoms with Crippen LogP contribution in [0, 0.1) is 17.7 Å². The molecule has 2 rings (SSSR count). The van der Waals surface area contributed by atoms with Gasteiger partial charge in [0.1, 0.15) is 12.4 Å². The summed E-state index contributed by atoms with van der Waals surface area (Å²) in [7, 11) is 0. The number of carbonyl (C=O) groups is 1. The van der Waals surface area contributed by atoms with E-state index < -0.39 is 5.82 Å². The predicted molar refractivity (Wildman–Crippen MR) is 77.0 cm³/mol. The lowest BCUT2D eigenvalue weighted by Gasteiger charge is -2.21. The van der Waals surface area contributed by atoms with E-state index in [-0.39, 0.29) is 17.5 Å². The molecule has 0 spiro atoms. The van der Waals surface area contributed by atoms with E-state index in [1.807, 2.05) is 6.92 Å². The van der Waals surface area contributed by atoms with Gasteiger partial charge in [0.05, 0.1) is 10.7 Å². The lowest BCUT2D eigenvalue weighted by Crippen LogP contribution is -2.32. The summed E-state index contributed by atoms with van der Waals surface area (Å²) in [4.78, 5) is 11.7. The highest BCUT2D eigenvalue weighted by atomic mass is 35.5. The van der Waals surface area contributed by atoms with Crippen molar-refractivity contribution < 1.29 is 9.18 Å². The topological polar surface area (TPSA) is 32.7 Å². The van der Waals surface area contributed by atoms with Gasteiger partial charge in [0.25, 0.3) is 0 Å². The number of halogens is 2. The van der Waals surface area contributed by atoms with Crippen molar-refractivity contribution in [3.63, 3.8) is 0 Å². The van der Waals surface area contributed by atoms with Crippen LogP contribution in [0.1, 0.15) is 31.7 Å². The van der Waals surface area contributed by atoms with Crippen molar-refractivity contribution in [2.45, 2.75) is 26.2 Å². The summed E-state index contributed by atoms with van der Waals surface area (Å²) in [6.07, 6.45) is 1.59. The van der Waals surface area contributed by atoms with E-state index in [0.29, 0.717) is 24.1 Å². The van der Waals surface area contributed by atoms with Crippen molar-refractivity contribution in [3.05, 3.63) is 34.6 Å². The van der Waals surface area contributed by atoms with Crippen LogP contribution in [-0.2, 0) is 4.79 Å². The number of hydrogen-bond acceptors (Lipinski definition) is 2. The Balaban J connectivity index is 2.24. The average Bonchev–Trinajstić information content (AvgIpc) is 2.44. The van der Waals surface area contributed by atoms with Crippen molar-refractivity contribution >= 4 is 23.2 Å². The van der Waals surface area contributed by atoms with Gasteiger partial charge in [-0.05, 0) is 12.1 Å². The molecule has 0 radical (unpaired) electrons. The van der Waals surface area contributed by atoms with E-state index in [1.165, 1.54) is 17.1 Å². The Kier molecular flexibility index (Phi) is 4.75. The minimum atomic E-state index is -0.485. The summed E-state index contributed by atoms with van der Waals surface area (Å²) in [6.45, 7) is 2.21. The van der Waals surface area contributed by atoms with Crippen molar-refractivity contribution in [3.8, 4) is 11.8 Å². The third-order valence-electron chi connectivity index (χ3n) is 2.89. The highest BCUT2D eigenvalue weighted by Gasteiger charge is 2.21. The largest absolute Gasteiger partial charge is 0.273 e. The quantitative estimate of drug-likeness (QED) is 0.770. The van der Waals surface area contributed by atoms with E-state index in [4.69, 9.17) is 11.6 Å². The molecule has 0 fully saturated rings. The highest BCUT2D eigenvalue weighted by Crippen LogP contribution is 2.20. The second-order valence-electron chi connectivity index (χ2n) is 4.33. The molecule has 0 aliphatic carbocycles. The first kappa shape index (κ1) is 14.5. The van der Waals surface area contributed by atoms with Crippen molar-refractivity contribution in [1.82, 2.24) is 5.01 Å². The van der Waals surface area contributed by atoms with E-state index >= 15 is 0 Å². The Hall–Kier alpha value is -1.86. The zero-order valence-corrected chi connectivity index (χ0v) is 11.9. The Labute approximate surface area is 122 Å². The molecule has 0 N–H and O–H groups in total. The summed E-state index contributed by atoms with van der Waals surface area (Å²) < 4.78 is 13.5. The molecule has 104 valence electrons. The van der Waals surface area contributed by atoms with Gasteiger partial charge in [-0.15, -0.1) is 5.92 Å². The second-order valence-corrected chi connectivity index (χ2v) is 4.74. The van der Waals surface area contributed by atoms with Crippen molar-refractivity contribution in [2.75, 3.05) is 6.54 Å². The number of hydrazone groups is 1. The molecular weight excluding hydrogens is 279 g/mol. The minimum Gasteiger partial charge on any atom is -0.273 e. The number of rotatable bonds is 2.